The standard InChI is InChI=1S/C32H30FN7O3S/c1-44(41,42)37-15-19-9-20(11-22(33)10-19)31-25-14-29(38-27(25)7-8-35-31)32-26-13-28(36-18-30(26)39-40-32)21-12-24(17-34-16-21)43-23-5-3-2-4-6-23/h7-14,16-18,23,37-38H,2-6,15H2,1H3,(H,39,40). The summed E-state index contributed by atoms with van der Waals surface area (Å²) in [4.78, 5) is 17.0. The Morgan fingerprint density at radius 2 is 1.77 bits per heavy atom. The fourth-order valence-corrected chi connectivity index (χ4v) is 6.22. The number of H-pyrrole nitrogens is 2. The Labute approximate surface area is 253 Å². The molecule has 10 nitrogen and oxygen atoms in total. The minimum Gasteiger partial charge on any atom is -0.489 e. The Morgan fingerprint density at radius 1 is 0.932 bits per heavy atom. The first kappa shape index (κ1) is 28.1. The number of hydrogen-bond acceptors (Lipinski definition) is 7. The molecule has 0 saturated heterocycles. The average Bonchev–Trinajstić information content (AvgIpc) is 3.64. The van der Waals surface area contributed by atoms with Gasteiger partial charge in [-0.05, 0) is 73.7 Å². The van der Waals surface area contributed by atoms with Crippen LogP contribution in [0, 0.1) is 5.82 Å². The number of nitrogens with zero attached hydrogens (tertiary/aromatic N) is 4. The van der Waals surface area contributed by atoms with Gasteiger partial charge in [-0.25, -0.2) is 17.5 Å². The monoisotopic (exact) mass is 611 g/mol. The number of fused-ring (bicyclic) bond motifs is 2. The second kappa shape index (κ2) is 11.4. The summed E-state index contributed by atoms with van der Waals surface area (Å²) >= 11 is 0. The quantitative estimate of drug-likeness (QED) is 0.188. The predicted molar refractivity (Wildman–Crippen MR) is 167 cm³/mol. The van der Waals surface area contributed by atoms with Gasteiger partial charge in [-0.3, -0.25) is 20.1 Å². The molecule has 1 aliphatic carbocycles. The molecule has 0 spiro atoms. The zero-order chi connectivity index (χ0) is 30.3. The molecule has 0 radical (unpaired) electrons. The number of sulfonamides is 1. The van der Waals surface area contributed by atoms with E-state index < -0.39 is 15.8 Å². The lowest BCUT2D eigenvalue weighted by molar-refractivity contribution is 0.154. The van der Waals surface area contributed by atoms with Crippen LogP contribution in [-0.2, 0) is 16.6 Å². The number of ether oxygens (including phenoxy) is 1. The topological polar surface area (TPSA) is 139 Å². The SMILES string of the molecule is CS(=O)(=O)NCc1cc(F)cc(-c2nccc3[nH]c(-c4n[nH]c5cnc(-c6cncc(OC7CCCCC7)c6)cc45)cc23)c1. The van der Waals surface area contributed by atoms with Gasteiger partial charge in [-0.15, -0.1) is 0 Å². The molecule has 0 aliphatic heterocycles. The summed E-state index contributed by atoms with van der Waals surface area (Å²) in [6.45, 7) is -0.0290. The third kappa shape index (κ3) is 5.90. The minimum atomic E-state index is -3.43. The van der Waals surface area contributed by atoms with Crippen molar-refractivity contribution in [2.75, 3.05) is 6.26 Å². The predicted octanol–water partition coefficient (Wildman–Crippen LogP) is 6.13. The average molecular weight is 612 g/mol. The fraction of sp³-hybridized carbons (Fsp3) is 0.250. The first-order chi connectivity index (χ1) is 21.3. The van der Waals surface area contributed by atoms with Gasteiger partial charge < -0.3 is 9.72 Å². The molecule has 5 aromatic heterocycles. The summed E-state index contributed by atoms with van der Waals surface area (Å²) in [7, 11) is -3.43. The van der Waals surface area contributed by atoms with Crippen molar-refractivity contribution in [2.24, 2.45) is 0 Å². The van der Waals surface area contributed by atoms with Crippen molar-refractivity contribution >= 4 is 31.8 Å². The highest BCUT2D eigenvalue weighted by Crippen LogP contribution is 2.35. The van der Waals surface area contributed by atoms with Gasteiger partial charge in [0, 0.05) is 46.4 Å². The van der Waals surface area contributed by atoms with Crippen LogP contribution >= 0.6 is 0 Å². The maximum Gasteiger partial charge on any atom is 0.209 e. The largest absolute Gasteiger partial charge is 0.489 e. The van der Waals surface area contributed by atoms with Gasteiger partial charge in [-0.1, -0.05) is 6.42 Å². The van der Waals surface area contributed by atoms with E-state index in [2.05, 4.69) is 34.9 Å². The summed E-state index contributed by atoms with van der Waals surface area (Å²) in [6.07, 6.45) is 14.0. The van der Waals surface area contributed by atoms with E-state index in [9.17, 15) is 12.8 Å². The first-order valence-corrected chi connectivity index (χ1v) is 16.4. The van der Waals surface area contributed by atoms with Gasteiger partial charge >= 0.3 is 0 Å². The molecule has 7 rings (SSSR count). The molecule has 1 fully saturated rings. The molecule has 0 unspecified atom stereocenters. The number of pyridine rings is 3. The molecule has 3 N–H and O–H groups in total. The van der Waals surface area contributed by atoms with Crippen molar-refractivity contribution in [3.63, 3.8) is 0 Å². The van der Waals surface area contributed by atoms with Crippen molar-refractivity contribution in [1.29, 1.82) is 0 Å². The highest BCUT2D eigenvalue weighted by Gasteiger charge is 2.18. The van der Waals surface area contributed by atoms with E-state index in [-0.39, 0.29) is 12.6 Å². The molecule has 0 atom stereocenters. The minimum absolute atomic E-state index is 0.0290. The zero-order valence-corrected chi connectivity index (χ0v) is 24.8. The van der Waals surface area contributed by atoms with Crippen LogP contribution in [0.1, 0.15) is 37.7 Å². The van der Waals surface area contributed by atoms with E-state index in [0.717, 1.165) is 63.6 Å². The Balaban J connectivity index is 1.23. The third-order valence-corrected chi connectivity index (χ3v) is 8.55. The lowest BCUT2D eigenvalue weighted by Gasteiger charge is -2.22. The number of aromatic amines is 2. The lowest BCUT2D eigenvalue weighted by Crippen LogP contribution is -2.21. The number of benzene rings is 1. The molecule has 6 aromatic rings. The van der Waals surface area contributed by atoms with Gasteiger partial charge in [0.2, 0.25) is 10.0 Å². The van der Waals surface area contributed by atoms with E-state index in [4.69, 9.17) is 4.74 Å². The molecule has 0 amide bonds. The Morgan fingerprint density at radius 3 is 2.61 bits per heavy atom. The van der Waals surface area contributed by atoms with E-state index in [0.29, 0.717) is 22.5 Å². The molecule has 12 heteroatoms. The Kier molecular flexibility index (Phi) is 7.31. The number of rotatable bonds is 8. The van der Waals surface area contributed by atoms with Crippen LogP contribution in [0.3, 0.4) is 0 Å². The third-order valence-electron chi connectivity index (χ3n) is 7.88. The maximum atomic E-state index is 14.6. The van der Waals surface area contributed by atoms with E-state index in [1.807, 2.05) is 24.3 Å². The van der Waals surface area contributed by atoms with Crippen molar-refractivity contribution in [3.8, 4) is 39.7 Å². The highest BCUT2D eigenvalue weighted by atomic mass is 32.2. The Bertz CT molecular complexity index is 2100. The lowest BCUT2D eigenvalue weighted by atomic mass is 9.98. The summed E-state index contributed by atoms with van der Waals surface area (Å²) in [6, 6.07) is 12.2. The van der Waals surface area contributed by atoms with Crippen molar-refractivity contribution < 1.29 is 17.5 Å². The van der Waals surface area contributed by atoms with Crippen molar-refractivity contribution in [3.05, 3.63) is 78.6 Å². The van der Waals surface area contributed by atoms with Crippen LogP contribution in [0.2, 0.25) is 0 Å². The second-order valence-electron chi connectivity index (χ2n) is 11.2. The Hall–Kier alpha value is -4.68. The van der Waals surface area contributed by atoms with Gasteiger partial charge in [0.15, 0.2) is 0 Å². The van der Waals surface area contributed by atoms with E-state index >= 15 is 0 Å². The molecule has 5 heterocycles. The molecule has 1 saturated carbocycles. The number of halogens is 1. The van der Waals surface area contributed by atoms with Crippen LogP contribution in [-0.4, -0.2) is 50.9 Å². The summed E-state index contributed by atoms with van der Waals surface area (Å²) in [5.74, 6) is 0.260. The van der Waals surface area contributed by atoms with E-state index in [1.54, 1.807) is 30.9 Å². The van der Waals surface area contributed by atoms with Gasteiger partial charge in [-0.2, -0.15) is 5.10 Å². The molecule has 44 heavy (non-hydrogen) atoms. The maximum absolute atomic E-state index is 14.6. The fourth-order valence-electron chi connectivity index (χ4n) is 5.79. The van der Waals surface area contributed by atoms with Crippen LogP contribution in [0.5, 0.6) is 5.75 Å². The molecule has 0 bridgehead atoms. The van der Waals surface area contributed by atoms with Gasteiger partial charge in [0.1, 0.15) is 17.3 Å². The van der Waals surface area contributed by atoms with Gasteiger partial charge in [0.25, 0.3) is 0 Å². The molecule has 1 aliphatic rings. The number of aromatic nitrogens is 6. The summed E-state index contributed by atoms with van der Waals surface area (Å²) in [5, 5.41) is 9.30. The first-order valence-electron chi connectivity index (χ1n) is 14.5. The summed E-state index contributed by atoms with van der Waals surface area (Å²) in [5.41, 5.74) is 6.20. The van der Waals surface area contributed by atoms with Crippen LogP contribution in [0.4, 0.5) is 4.39 Å². The van der Waals surface area contributed by atoms with Crippen molar-refractivity contribution in [2.45, 2.75) is 44.8 Å². The number of nitrogens with one attached hydrogen (secondary N) is 3. The van der Waals surface area contributed by atoms with E-state index in [1.165, 1.54) is 31.4 Å². The zero-order valence-electron chi connectivity index (χ0n) is 24.0. The van der Waals surface area contributed by atoms with Crippen LogP contribution < -0.4 is 9.46 Å². The van der Waals surface area contributed by atoms with Crippen molar-refractivity contribution in [1.82, 2.24) is 34.9 Å². The van der Waals surface area contributed by atoms with Crippen LogP contribution in [0.15, 0.2) is 67.3 Å². The molecular weight excluding hydrogens is 581 g/mol. The molecular formula is C32H30FN7O3S. The molecule has 1 aromatic carbocycles. The van der Waals surface area contributed by atoms with Crippen LogP contribution in [0.25, 0.3) is 55.7 Å². The molecule has 224 valence electrons. The highest BCUT2D eigenvalue weighted by molar-refractivity contribution is 7.88. The smallest absolute Gasteiger partial charge is 0.209 e. The normalized spacial score (nSPS) is 14.4. The number of hydrogen-bond donors (Lipinski definition) is 3. The second-order valence-corrected chi connectivity index (χ2v) is 13.1. The summed E-state index contributed by atoms with van der Waals surface area (Å²) < 4.78 is 46.4. The van der Waals surface area contributed by atoms with Gasteiger partial charge in [0.05, 0.1) is 47.4 Å².